The van der Waals surface area contributed by atoms with Crippen LogP contribution in [0.3, 0.4) is 0 Å². The Hall–Kier alpha value is -5.23. The smallest absolute Gasteiger partial charge is 0.409 e. The summed E-state index contributed by atoms with van der Waals surface area (Å²) in [6.45, 7) is 0. The zero-order chi connectivity index (χ0) is 25.5. The molecule has 0 unspecified atom stereocenters. The molecule has 4 rings (SSSR count). The molecule has 0 bridgehead atoms. The number of hydrogen-bond acceptors (Lipinski definition) is 4. The molecule has 8 nitrogen and oxygen atoms in total. The molecule has 2 amide bonds. The second kappa shape index (κ2) is 10.8. The van der Waals surface area contributed by atoms with Crippen molar-refractivity contribution >= 4 is 29.2 Å². The summed E-state index contributed by atoms with van der Waals surface area (Å²) in [6.07, 6.45) is 3.14. The Morgan fingerprint density at radius 3 is 2.53 bits per heavy atom. The van der Waals surface area contributed by atoms with Crippen molar-refractivity contribution in [3.05, 3.63) is 108 Å². The normalized spacial score (nSPS) is 10.1. The molecule has 0 aliphatic carbocycles. The maximum absolute atomic E-state index is 13.8. The Morgan fingerprint density at radius 1 is 0.944 bits per heavy atom. The average molecular weight is 482 g/mol. The lowest BCUT2D eigenvalue weighted by molar-refractivity contribution is -0.115. The van der Waals surface area contributed by atoms with Crippen molar-refractivity contribution in [1.82, 2.24) is 9.55 Å². The van der Waals surface area contributed by atoms with Gasteiger partial charge >= 0.3 is 6.09 Å². The van der Waals surface area contributed by atoms with E-state index < -0.39 is 30.0 Å². The van der Waals surface area contributed by atoms with Gasteiger partial charge in [-0.05, 0) is 42.5 Å². The van der Waals surface area contributed by atoms with Gasteiger partial charge in [-0.2, -0.15) is 0 Å². The molecule has 1 heterocycles. The summed E-state index contributed by atoms with van der Waals surface area (Å²) in [5.74, 6) is 3.97. The highest BCUT2D eigenvalue weighted by Crippen LogP contribution is 2.24. The fourth-order valence-corrected chi connectivity index (χ4v) is 3.35. The van der Waals surface area contributed by atoms with Gasteiger partial charge in [-0.15, -0.1) is 0 Å². The lowest BCUT2D eigenvalue weighted by Crippen LogP contribution is -2.18. The molecule has 0 saturated heterocycles. The van der Waals surface area contributed by atoms with Crippen LogP contribution >= 0.6 is 0 Å². The lowest BCUT2D eigenvalue weighted by atomic mass is 10.1. The van der Waals surface area contributed by atoms with Crippen LogP contribution in [0, 0.1) is 17.7 Å². The minimum absolute atomic E-state index is 0.0989. The van der Waals surface area contributed by atoms with Crippen molar-refractivity contribution in [2.45, 2.75) is 6.42 Å². The Kier molecular flexibility index (Phi) is 7.17. The van der Waals surface area contributed by atoms with E-state index in [1.54, 1.807) is 59.7 Å². The van der Waals surface area contributed by atoms with Gasteiger partial charge in [0.2, 0.25) is 5.91 Å². The number of nitrogens with one attached hydrogen (secondary N) is 2. The second-order valence-corrected chi connectivity index (χ2v) is 7.59. The third-order valence-corrected chi connectivity index (χ3v) is 5.04. The molecular weight excluding hydrogens is 463 g/mol. The van der Waals surface area contributed by atoms with E-state index >= 15 is 0 Å². The van der Waals surface area contributed by atoms with Crippen LogP contribution in [0.1, 0.15) is 27.9 Å². The Balaban J connectivity index is 1.52. The van der Waals surface area contributed by atoms with Crippen LogP contribution in [0.4, 0.5) is 20.6 Å². The molecule has 0 aliphatic heterocycles. The third kappa shape index (κ3) is 6.01. The molecule has 0 aliphatic rings. The van der Waals surface area contributed by atoms with Gasteiger partial charge in [0.25, 0.3) is 0 Å². The van der Waals surface area contributed by atoms with E-state index in [4.69, 9.17) is 5.11 Å². The third-order valence-electron chi connectivity index (χ3n) is 5.04. The largest absolute Gasteiger partial charge is 0.465 e. The van der Waals surface area contributed by atoms with Crippen LogP contribution in [0.25, 0.3) is 5.69 Å². The number of anilines is 2. The SMILES string of the molecule is O=C(O)Nc1ccc(C#Cc2ccccc2F)cc1NC(=O)CC(=O)c1cccc(-n2ccnc2)c1. The quantitative estimate of drug-likeness (QED) is 0.209. The van der Waals surface area contributed by atoms with E-state index in [2.05, 4.69) is 27.5 Å². The summed E-state index contributed by atoms with van der Waals surface area (Å²) in [5.41, 5.74) is 1.87. The monoisotopic (exact) mass is 482 g/mol. The highest BCUT2D eigenvalue weighted by molar-refractivity contribution is 6.12. The molecule has 0 radical (unpaired) electrons. The van der Waals surface area contributed by atoms with Gasteiger partial charge in [-0.25, -0.2) is 14.2 Å². The van der Waals surface area contributed by atoms with Crippen molar-refractivity contribution in [2.24, 2.45) is 0 Å². The summed E-state index contributed by atoms with van der Waals surface area (Å²) >= 11 is 0. The van der Waals surface area contributed by atoms with Gasteiger partial charge in [0.1, 0.15) is 5.82 Å². The van der Waals surface area contributed by atoms with E-state index in [0.29, 0.717) is 16.8 Å². The number of carboxylic acid groups (broad SMARTS) is 1. The van der Waals surface area contributed by atoms with Crippen LogP contribution in [0.15, 0.2) is 85.5 Å². The number of rotatable bonds is 6. The van der Waals surface area contributed by atoms with Crippen LogP contribution in [-0.2, 0) is 4.79 Å². The number of hydrogen-bond donors (Lipinski definition) is 3. The van der Waals surface area contributed by atoms with Crippen molar-refractivity contribution in [1.29, 1.82) is 0 Å². The fraction of sp³-hybridized carbons (Fsp3) is 0.0370. The standard InChI is InChI=1S/C27H19FN4O4/c28-22-7-2-1-4-19(22)10-8-18-9-11-23(31-27(35)36)24(14-18)30-26(34)16-25(33)20-5-3-6-21(15-20)32-13-12-29-17-32/h1-7,9,11-15,17,31H,16H2,(H,30,34)(H,35,36). The highest BCUT2D eigenvalue weighted by Gasteiger charge is 2.15. The average Bonchev–Trinajstić information content (AvgIpc) is 3.40. The zero-order valence-electron chi connectivity index (χ0n) is 18.7. The van der Waals surface area contributed by atoms with Crippen LogP contribution in [0.5, 0.6) is 0 Å². The van der Waals surface area contributed by atoms with Crippen molar-refractivity contribution in [2.75, 3.05) is 10.6 Å². The van der Waals surface area contributed by atoms with Gasteiger partial charge in [-0.3, -0.25) is 14.9 Å². The van der Waals surface area contributed by atoms with Gasteiger partial charge in [0.05, 0.1) is 29.7 Å². The molecule has 1 aromatic heterocycles. The number of nitrogens with zero attached hydrogens (tertiary/aromatic N) is 2. The Labute approximate surface area is 205 Å². The first-order chi connectivity index (χ1) is 17.4. The zero-order valence-corrected chi connectivity index (χ0v) is 18.7. The van der Waals surface area contributed by atoms with E-state index in [1.165, 1.54) is 30.3 Å². The van der Waals surface area contributed by atoms with E-state index in [0.717, 1.165) is 0 Å². The van der Waals surface area contributed by atoms with Crippen LogP contribution < -0.4 is 10.6 Å². The van der Waals surface area contributed by atoms with Gasteiger partial charge < -0.3 is 15.0 Å². The number of aromatic nitrogens is 2. The number of benzene rings is 3. The molecule has 0 saturated carbocycles. The van der Waals surface area contributed by atoms with Gasteiger partial charge in [0.15, 0.2) is 5.78 Å². The molecule has 36 heavy (non-hydrogen) atoms. The molecular formula is C27H19FN4O4. The number of halogens is 1. The number of imidazole rings is 1. The Bertz CT molecular complexity index is 1500. The first-order valence-electron chi connectivity index (χ1n) is 10.7. The van der Waals surface area contributed by atoms with Crippen molar-refractivity contribution in [3.8, 4) is 17.5 Å². The summed E-state index contributed by atoms with van der Waals surface area (Å²) in [7, 11) is 0. The van der Waals surface area contributed by atoms with E-state index in [1.807, 2.05) is 0 Å². The molecule has 3 aromatic carbocycles. The first kappa shape index (κ1) is 23.9. The number of amides is 2. The molecule has 4 aromatic rings. The minimum atomic E-state index is -1.33. The van der Waals surface area contributed by atoms with Gasteiger partial charge in [0, 0.05) is 29.2 Å². The van der Waals surface area contributed by atoms with Crippen LogP contribution in [-0.4, -0.2) is 32.4 Å². The molecule has 9 heteroatoms. The second-order valence-electron chi connectivity index (χ2n) is 7.59. The first-order valence-corrected chi connectivity index (χ1v) is 10.7. The van der Waals surface area contributed by atoms with E-state index in [9.17, 15) is 18.8 Å². The molecule has 0 spiro atoms. The van der Waals surface area contributed by atoms with E-state index in [-0.39, 0.29) is 16.9 Å². The molecule has 178 valence electrons. The molecule has 0 atom stereocenters. The lowest BCUT2D eigenvalue weighted by Gasteiger charge is -2.12. The predicted molar refractivity (Wildman–Crippen MR) is 132 cm³/mol. The summed E-state index contributed by atoms with van der Waals surface area (Å²) in [5, 5.41) is 13.9. The van der Waals surface area contributed by atoms with Gasteiger partial charge in [-0.1, -0.05) is 36.1 Å². The number of Topliss-reactive ketones (excluding diaryl/α,β-unsaturated/α-hetero) is 1. The fourth-order valence-electron chi connectivity index (χ4n) is 3.35. The number of carbonyl (C=O) groups is 3. The topological polar surface area (TPSA) is 113 Å². The molecule has 0 fully saturated rings. The highest BCUT2D eigenvalue weighted by atomic mass is 19.1. The van der Waals surface area contributed by atoms with Crippen LogP contribution in [0.2, 0.25) is 0 Å². The maximum atomic E-state index is 13.8. The number of ketones is 1. The van der Waals surface area contributed by atoms with Crippen molar-refractivity contribution < 1.29 is 23.9 Å². The van der Waals surface area contributed by atoms with Crippen molar-refractivity contribution in [3.63, 3.8) is 0 Å². The predicted octanol–water partition coefficient (Wildman–Crippen LogP) is 4.71. The number of carbonyl (C=O) groups excluding carboxylic acids is 2. The Morgan fingerprint density at radius 2 is 1.78 bits per heavy atom. The summed E-state index contributed by atoms with van der Waals surface area (Å²) < 4.78 is 15.6. The minimum Gasteiger partial charge on any atom is -0.465 e. The summed E-state index contributed by atoms with van der Waals surface area (Å²) in [4.78, 5) is 40.6. The summed E-state index contributed by atoms with van der Waals surface area (Å²) in [6, 6.07) is 17.2. The molecule has 3 N–H and O–H groups in total. The maximum Gasteiger partial charge on any atom is 0.409 e.